The van der Waals surface area contributed by atoms with Crippen LogP contribution < -0.4 is 15.8 Å². The van der Waals surface area contributed by atoms with Gasteiger partial charge >= 0.3 is 5.91 Å². The van der Waals surface area contributed by atoms with Crippen LogP contribution in [0.5, 0.6) is 0 Å². The van der Waals surface area contributed by atoms with Gasteiger partial charge in [0.05, 0.1) is 6.54 Å². The van der Waals surface area contributed by atoms with Gasteiger partial charge in [-0.2, -0.15) is 0 Å². The van der Waals surface area contributed by atoms with Gasteiger partial charge in [-0.15, -0.1) is 0 Å². The summed E-state index contributed by atoms with van der Waals surface area (Å²) < 4.78 is 5.57. The second kappa shape index (κ2) is 10.1. The van der Waals surface area contributed by atoms with Crippen molar-refractivity contribution in [2.75, 3.05) is 24.5 Å². The van der Waals surface area contributed by atoms with Crippen LogP contribution in [-0.4, -0.2) is 42.3 Å². The molecule has 8 nitrogen and oxygen atoms in total. The van der Waals surface area contributed by atoms with Crippen LogP contribution in [-0.2, 0) is 11.3 Å². The van der Waals surface area contributed by atoms with Crippen molar-refractivity contribution in [3.8, 4) is 0 Å². The van der Waals surface area contributed by atoms with E-state index in [1.165, 1.54) is 0 Å². The number of nitrogens with zero attached hydrogens (tertiary/aromatic N) is 2. The first kappa shape index (κ1) is 21.6. The van der Waals surface area contributed by atoms with E-state index in [1.807, 2.05) is 0 Å². The standard InChI is InChI=1S/C22H28N4O4/c1-3-25(4-2)15-18-12-13-19(30-18)22(29)24-23-21(28)16-8-10-17(11-9-16)26-14-6-5-7-20(26)27/h8-13H,3-7,14-15H2,1-2H3,(H,23,28)(H,24,29). The number of furan rings is 1. The zero-order valence-electron chi connectivity index (χ0n) is 17.4. The summed E-state index contributed by atoms with van der Waals surface area (Å²) in [6.07, 6.45) is 2.45. The van der Waals surface area contributed by atoms with E-state index in [0.717, 1.165) is 31.6 Å². The maximum atomic E-state index is 12.3. The molecule has 1 saturated heterocycles. The van der Waals surface area contributed by atoms with Crippen LogP contribution in [0.1, 0.15) is 59.8 Å². The van der Waals surface area contributed by atoms with Crippen LogP contribution in [0.25, 0.3) is 0 Å². The average molecular weight is 412 g/mol. The molecule has 1 aliphatic rings. The molecular formula is C22H28N4O4. The summed E-state index contributed by atoms with van der Waals surface area (Å²) in [7, 11) is 0. The van der Waals surface area contributed by atoms with Crippen LogP contribution in [0.3, 0.4) is 0 Å². The molecule has 8 heteroatoms. The number of hydrazine groups is 1. The lowest BCUT2D eigenvalue weighted by atomic mass is 10.1. The SMILES string of the molecule is CCN(CC)Cc1ccc(C(=O)NNC(=O)c2ccc(N3CCCCC3=O)cc2)o1. The van der Waals surface area contributed by atoms with Gasteiger partial charge < -0.3 is 9.32 Å². The Hall–Kier alpha value is -3.13. The number of hydrogen-bond donors (Lipinski definition) is 2. The lowest BCUT2D eigenvalue weighted by Crippen LogP contribution is -2.41. The van der Waals surface area contributed by atoms with Crippen LogP contribution in [0.4, 0.5) is 5.69 Å². The molecule has 160 valence electrons. The first-order valence-electron chi connectivity index (χ1n) is 10.3. The molecule has 3 rings (SSSR count). The highest BCUT2D eigenvalue weighted by Crippen LogP contribution is 2.21. The minimum Gasteiger partial charge on any atom is -0.454 e. The first-order chi connectivity index (χ1) is 14.5. The Morgan fingerprint density at radius 2 is 1.70 bits per heavy atom. The van der Waals surface area contributed by atoms with Crippen LogP contribution in [0.15, 0.2) is 40.8 Å². The highest BCUT2D eigenvalue weighted by Gasteiger charge is 2.20. The molecule has 0 aliphatic carbocycles. The Balaban J connectivity index is 1.53. The monoisotopic (exact) mass is 412 g/mol. The van der Waals surface area contributed by atoms with Gasteiger partial charge in [-0.05, 0) is 62.3 Å². The summed E-state index contributed by atoms with van der Waals surface area (Å²) in [4.78, 5) is 40.5. The molecular weight excluding hydrogens is 384 g/mol. The summed E-state index contributed by atoms with van der Waals surface area (Å²) >= 11 is 0. The maximum absolute atomic E-state index is 12.3. The van der Waals surface area contributed by atoms with Gasteiger partial charge in [-0.3, -0.25) is 30.1 Å². The number of benzene rings is 1. The van der Waals surface area contributed by atoms with Gasteiger partial charge in [0.2, 0.25) is 5.91 Å². The molecule has 0 atom stereocenters. The van der Waals surface area contributed by atoms with Crippen molar-refractivity contribution in [2.24, 2.45) is 0 Å². The lowest BCUT2D eigenvalue weighted by Gasteiger charge is -2.26. The summed E-state index contributed by atoms with van der Waals surface area (Å²) in [6.45, 7) is 7.22. The molecule has 1 aromatic heterocycles. The predicted molar refractivity (Wildman–Crippen MR) is 113 cm³/mol. The van der Waals surface area contributed by atoms with E-state index in [9.17, 15) is 14.4 Å². The highest BCUT2D eigenvalue weighted by molar-refractivity contribution is 5.99. The molecule has 0 spiro atoms. The summed E-state index contributed by atoms with van der Waals surface area (Å²) in [5.74, 6) is -0.0431. The number of nitrogens with one attached hydrogen (secondary N) is 2. The number of carbonyl (C=O) groups excluding carboxylic acids is 3. The number of anilines is 1. The zero-order chi connectivity index (χ0) is 21.5. The quantitative estimate of drug-likeness (QED) is 0.682. The van der Waals surface area contributed by atoms with Crippen molar-refractivity contribution in [3.63, 3.8) is 0 Å². The molecule has 0 saturated carbocycles. The summed E-state index contributed by atoms with van der Waals surface area (Å²) in [6, 6.07) is 10.1. The second-order valence-corrected chi connectivity index (χ2v) is 7.18. The number of piperidine rings is 1. The molecule has 2 heterocycles. The molecule has 3 amide bonds. The van der Waals surface area contributed by atoms with Crippen molar-refractivity contribution in [1.82, 2.24) is 15.8 Å². The van der Waals surface area contributed by atoms with E-state index in [2.05, 4.69) is 29.6 Å². The molecule has 1 fully saturated rings. The van der Waals surface area contributed by atoms with E-state index in [1.54, 1.807) is 41.3 Å². The van der Waals surface area contributed by atoms with Gasteiger partial charge in [0.1, 0.15) is 5.76 Å². The third-order valence-electron chi connectivity index (χ3n) is 5.21. The highest BCUT2D eigenvalue weighted by atomic mass is 16.4. The second-order valence-electron chi connectivity index (χ2n) is 7.18. The molecule has 0 unspecified atom stereocenters. The van der Waals surface area contributed by atoms with Gasteiger partial charge in [0.25, 0.3) is 5.91 Å². The normalized spacial score (nSPS) is 14.1. The van der Waals surface area contributed by atoms with E-state index < -0.39 is 11.8 Å². The van der Waals surface area contributed by atoms with E-state index in [4.69, 9.17) is 4.42 Å². The van der Waals surface area contributed by atoms with Crippen molar-refractivity contribution in [1.29, 1.82) is 0 Å². The van der Waals surface area contributed by atoms with Crippen molar-refractivity contribution in [3.05, 3.63) is 53.5 Å². The third kappa shape index (κ3) is 5.27. The van der Waals surface area contributed by atoms with Gasteiger partial charge in [-0.1, -0.05) is 13.8 Å². The zero-order valence-corrected chi connectivity index (χ0v) is 17.4. The predicted octanol–water partition coefficient (Wildman–Crippen LogP) is 2.71. The Morgan fingerprint density at radius 1 is 1.00 bits per heavy atom. The van der Waals surface area contributed by atoms with Crippen LogP contribution >= 0.6 is 0 Å². The smallest absolute Gasteiger partial charge is 0.305 e. The van der Waals surface area contributed by atoms with Crippen molar-refractivity contribution in [2.45, 2.75) is 39.7 Å². The molecule has 2 aromatic rings. The lowest BCUT2D eigenvalue weighted by molar-refractivity contribution is -0.119. The van der Waals surface area contributed by atoms with Gasteiger partial charge in [0.15, 0.2) is 5.76 Å². The number of carbonyl (C=O) groups is 3. The fraction of sp³-hybridized carbons (Fsp3) is 0.409. The number of rotatable bonds is 7. The first-order valence-corrected chi connectivity index (χ1v) is 10.3. The van der Waals surface area contributed by atoms with E-state index in [0.29, 0.717) is 30.8 Å². The Labute approximate surface area is 176 Å². The number of hydrogen-bond acceptors (Lipinski definition) is 5. The maximum Gasteiger partial charge on any atom is 0.305 e. The molecule has 2 N–H and O–H groups in total. The van der Waals surface area contributed by atoms with E-state index in [-0.39, 0.29) is 11.7 Å². The summed E-state index contributed by atoms with van der Waals surface area (Å²) in [5, 5.41) is 0. The third-order valence-corrected chi connectivity index (χ3v) is 5.21. The Morgan fingerprint density at radius 3 is 2.37 bits per heavy atom. The minimum absolute atomic E-state index is 0.101. The molecule has 30 heavy (non-hydrogen) atoms. The van der Waals surface area contributed by atoms with Crippen LogP contribution in [0, 0.1) is 0 Å². The summed E-state index contributed by atoms with van der Waals surface area (Å²) in [5.41, 5.74) is 5.91. The van der Waals surface area contributed by atoms with Crippen molar-refractivity contribution >= 4 is 23.4 Å². The Bertz CT molecular complexity index is 887. The molecule has 0 radical (unpaired) electrons. The molecule has 1 aliphatic heterocycles. The fourth-order valence-corrected chi connectivity index (χ4v) is 3.37. The van der Waals surface area contributed by atoms with E-state index >= 15 is 0 Å². The van der Waals surface area contributed by atoms with Crippen molar-refractivity contribution < 1.29 is 18.8 Å². The topological polar surface area (TPSA) is 94.9 Å². The van der Waals surface area contributed by atoms with Gasteiger partial charge in [-0.25, -0.2) is 0 Å². The average Bonchev–Trinajstić information content (AvgIpc) is 3.25. The molecule has 0 bridgehead atoms. The van der Waals surface area contributed by atoms with Gasteiger partial charge in [0, 0.05) is 24.2 Å². The molecule has 1 aromatic carbocycles. The largest absolute Gasteiger partial charge is 0.454 e. The minimum atomic E-state index is -0.523. The fourth-order valence-electron chi connectivity index (χ4n) is 3.37. The Kier molecular flexibility index (Phi) is 7.24. The number of amides is 3. The van der Waals surface area contributed by atoms with Crippen LogP contribution in [0.2, 0.25) is 0 Å².